The topological polar surface area (TPSA) is 72.9 Å². The van der Waals surface area contributed by atoms with Gasteiger partial charge >= 0.3 is 0 Å². The number of hydrogen-bond acceptors (Lipinski definition) is 3. The van der Waals surface area contributed by atoms with E-state index in [1.807, 2.05) is 6.07 Å². The first kappa shape index (κ1) is 13.6. The SMILES string of the molecule is NC(=O)Cn1cc(NC2CC(c3cccc(F)c3)C2)cn1. The van der Waals surface area contributed by atoms with Crippen molar-refractivity contribution >= 4 is 11.6 Å². The second-order valence-corrected chi connectivity index (χ2v) is 5.46. The van der Waals surface area contributed by atoms with Crippen LogP contribution in [0.15, 0.2) is 36.7 Å². The molecule has 0 atom stereocenters. The molecule has 3 N–H and O–H groups in total. The van der Waals surface area contributed by atoms with Gasteiger partial charge in [-0.1, -0.05) is 12.1 Å². The summed E-state index contributed by atoms with van der Waals surface area (Å²) in [5.74, 6) is -0.199. The van der Waals surface area contributed by atoms with E-state index in [0.29, 0.717) is 12.0 Å². The predicted molar refractivity (Wildman–Crippen MR) is 77.2 cm³/mol. The van der Waals surface area contributed by atoms with Crippen LogP contribution in [0, 0.1) is 5.82 Å². The average Bonchev–Trinajstić information content (AvgIpc) is 2.79. The molecule has 1 aromatic carbocycles. The van der Waals surface area contributed by atoms with Crippen molar-refractivity contribution < 1.29 is 9.18 Å². The Morgan fingerprint density at radius 1 is 1.48 bits per heavy atom. The van der Waals surface area contributed by atoms with Crippen LogP contribution >= 0.6 is 0 Å². The van der Waals surface area contributed by atoms with Gasteiger partial charge in [0.2, 0.25) is 5.91 Å². The molecular weight excluding hydrogens is 271 g/mol. The number of amides is 1. The molecule has 6 heteroatoms. The highest BCUT2D eigenvalue weighted by atomic mass is 19.1. The maximum Gasteiger partial charge on any atom is 0.239 e. The number of rotatable bonds is 5. The molecular formula is C15H17FN4O. The summed E-state index contributed by atoms with van der Waals surface area (Å²) >= 11 is 0. The fourth-order valence-electron chi connectivity index (χ4n) is 2.69. The van der Waals surface area contributed by atoms with Gasteiger partial charge in [-0.2, -0.15) is 5.10 Å². The molecule has 0 unspecified atom stereocenters. The maximum absolute atomic E-state index is 13.2. The van der Waals surface area contributed by atoms with Crippen molar-refractivity contribution in [1.29, 1.82) is 0 Å². The van der Waals surface area contributed by atoms with Crippen LogP contribution in [0.2, 0.25) is 0 Å². The van der Waals surface area contributed by atoms with Crippen molar-refractivity contribution in [3.05, 3.63) is 48.0 Å². The Labute approximate surface area is 121 Å². The van der Waals surface area contributed by atoms with E-state index in [0.717, 1.165) is 24.1 Å². The molecule has 1 amide bonds. The average molecular weight is 288 g/mol. The first-order chi connectivity index (χ1) is 10.1. The number of primary amides is 1. The lowest BCUT2D eigenvalue weighted by Crippen LogP contribution is -2.33. The maximum atomic E-state index is 13.2. The Kier molecular flexibility index (Phi) is 3.60. The molecule has 1 heterocycles. The van der Waals surface area contributed by atoms with Crippen LogP contribution in [0.3, 0.4) is 0 Å². The molecule has 0 aliphatic heterocycles. The molecule has 1 aliphatic carbocycles. The van der Waals surface area contributed by atoms with E-state index in [4.69, 9.17) is 5.73 Å². The lowest BCUT2D eigenvalue weighted by molar-refractivity contribution is -0.118. The van der Waals surface area contributed by atoms with Gasteiger partial charge in [-0.05, 0) is 36.5 Å². The fourth-order valence-corrected chi connectivity index (χ4v) is 2.69. The number of carbonyl (C=O) groups excluding carboxylic acids is 1. The van der Waals surface area contributed by atoms with E-state index in [9.17, 15) is 9.18 Å². The third-order valence-electron chi connectivity index (χ3n) is 3.78. The van der Waals surface area contributed by atoms with Gasteiger partial charge < -0.3 is 11.1 Å². The minimum atomic E-state index is -0.417. The van der Waals surface area contributed by atoms with E-state index in [-0.39, 0.29) is 12.4 Å². The van der Waals surface area contributed by atoms with E-state index in [1.165, 1.54) is 10.7 Å². The molecule has 1 aliphatic rings. The molecule has 1 fully saturated rings. The molecule has 5 nitrogen and oxygen atoms in total. The zero-order chi connectivity index (χ0) is 14.8. The smallest absolute Gasteiger partial charge is 0.239 e. The fraction of sp³-hybridized carbons (Fsp3) is 0.333. The largest absolute Gasteiger partial charge is 0.380 e. The summed E-state index contributed by atoms with van der Waals surface area (Å²) in [6.45, 7) is 0.0816. The highest BCUT2D eigenvalue weighted by Crippen LogP contribution is 2.38. The van der Waals surface area contributed by atoms with Gasteiger partial charge in [-0.3, -0.25) is 9.48 Å². The Morgan fingerprint density at radius 2 is 2.29 bits per heavy atom. The number of aromatic nitrogens is 2. The van der Waals surface area contributed by atoms with E-state index < -0.39 is 5.91 Å². The summed E-state index contributed by atoms with van der Waals surface area (Å²) in [6, 6.07) is 7.13. The highest BCUT2D eigenvalue weighted by molar-refractivity contribution is 5.73. The first-order valence-electron chi connectivity index (χ1n) is 6.93. The van der Waals surface area contributed by atoms with Crippen LogP contribution in [0.1, 0.15) is 24.3 Å². The predicted octanol–water partition coefficient (Wildman–Crippen LogP) is 1.87. The molecule has 3 rings (SSSR count). The lowest BCUT2D eigenvalue weighted by Gasteiger charge is -2.36. The van der Waals surface area contributed by atoms with Crippen molar-refractivity contribution in [1.82, 2.24) is 9.78 Å². The number of hydrogen-bond donors (Lipinski definition) is 2. The van der Waals surface area contributed by atoms with E-state index in [1.54, 1.807) is 24.5 Å². The quantitative estimate of drug-likeness (QED) is 0.882. The molecule has 0 spiro atoms. The van der Waals surface area contributed by atoms with Crippen molar-refractivity contribution in [2.45, 2.75) is 31.3 Å². The molecule has 0 saturated heterocycles. The second-order valence-electron chi connectivity index (χ2n) is 5.46. The normalized spacial score (nSPS) is 20.8. The molecule has 1 saturated carbocycles. The number of nitrogens with zero attached hydrogens (tertiary/aromatic N) is 2. The Bertz CT molecular complexity index is 649. The summed E-state index contributed by atoms with van der Waals surface area (Å²) in [4.78, 5) is 10.8. The number of nitrogens with two attached hydrogens (primary N) is 1. The van der Waals surface area contributed by atoms with Crippen LogP contribution in [0.4, 0.5) is 10.1 Å². The third kappa shape index (κ3) is 3.21. The Balaban J connectivity index is 1.53. The first-order valence-corrected chi connectivity index (χ1v) is 6.93. The summed E-state index contributed by atoms with van der Waals surface area (Å²) in [6.07, 6.45) is 5.37. The van der Waals surface area contributed by atoms with Crippen LogP contribution in [0.25, 0.3) is 0 Å². The van der Waals surface area contributed by atoms with E-state index in [2.05, 4.69) is 10.4 Å². The van der Waals surface area contributed by atoms with Gasteiger partial charge in [0.15, 0.2) is 0 Å². The van der Waals surface area contributed by atoms with Gasteiger partial charge in [0.05, 0.1) is 11.9 Å². The molecule has 0 bridgehead atoms. The van der Waals surface area contributed by atoms with Crippen molar-refractivity contribution in [2.24, 2.45) is 5.73 Å². The zero-order valence-corrected chi connectivity index (χ0v) is 11.5. The minimum Gasteiger partial charge on any atom is -0.380 e. The van der Waals surface area contributed by atoms with Crippen LogP contribution < -0.4 is 11.1 Å². The summed E-state index contributed by atoms with van der Waals surface area (Å²) in [7, 11) is 0. The number of carbonyl (C=O) groups is 1. The summed E-state index contributed by atoms with van der Waals surface area (Å²) in [5.41, 5.74) is 7.04. The standard InChI is InChI=1S/C15H17FN4O/c16-12-3-1-2-10(4-12)11-5-13(6-11)19-14-7-18-20(8-14)9-15(17)21/h1-4,7-8,11,13,19H,5-6,9H2,(H2,17,21). The number of benzene rings is 1. The van der Waals surface area contributed by atoms with E-state index >= 15 is 0 Å². The third-order valence-corrected chi connectivity index (χ3v) is 3.78. The van der Waals surface area contributed by atoms with Gasteiger partial charge in [0.25, 0.3) is 0 Å². The zero-order valence-electron chi connectivity index (χ0n) is 11.5. The van der Waals surface area contributed by atoms with Crippen molar-refractivity contribution in [3.8, 4) is 0 Å². The van der Waals surface area contributed by atoms with Crippen molar-refractivity contribution in [2.75, 3.05) is 5.32 Å². The van der Waals surface area contributed by atoms with Gasteiger partial charge in [-0.15, -0.1) is 0 Å². The number of anilines is 1. The Morgan fingerprint density at radius 3 is 3.00 bits per heavy atom. The molecule has 0 radical (unpaired) electrons. The monoisotopic (exact) mass is 288 g/mol. The van der Waals surface area contributed by atoms with Gasteiger partial charge in [0.1, 0.15) is 12.4 Å². The molecule has 110 valence electrons. The molecule has 1 aromatic heterocycles. The van der Waals surface area contributed by atoms with Gasteiger partial charge in [-0.25, -0.2) is 4.39 Å². The molecule has 21 heavy (non-hydrogen) atoms. The second kappa shape index (κ2) is 5.55. The van der Waals surface area contributed by atoms with Crippen molar-refractivity contribution in [3.63, 3.8) is 0 Å². The summed E-state index contributed by atoms with van der Waals surface area (Å²) < 4.78 is 14.7. The lowest BCUT2D eigenvalue weighted by atomic mass is 9.76. The van der Waals surface area contributed by atoms with Crippen LogP contribution in [-0.4, -0.2) is 21.7 Å². The molecule has 2 aromatic rings. The number of nitrogens with one attached hydrogen (secondary N) is 1. The Hall–Kier alpha value is -2.37. The van der Waals surface area contributed by atoms with Crippen LogP contribution in [-0.2, 0) is 11.3 Å². The van der Waals surface area contributed by atoms with Gasteiger partial charge in [0, 0.05) is 12.2 Å². The minimum absolute atomic E-state index is 0.0816. The number of halogens is 1. The highest BCUT2D eigenvalue weighted by Gasteiger charge is 2.30. The van der Waals surface area contributed by atoms with Crippen LogP contribution in [0.5, 0.6) is 0 Å². The summed E-state index contributed by atoms with van der Waals surface area (Å²) in [5, 5.41) is 7.42.